The molecule has 0 spiro atoms. The molecule has 0 atom stereocenters. The Morgan fingerprint density at radius 3 is 2.29 bits per heavy atom. The molecule has 1 aliphatic rings. The number of benzene rings is 1. The maximum absolute atomic E-state index is 12.9. The van der Waals surface area contributed by atoms with Gasteiger partial charge in [0.15, 0.2) is 5.82 Å². The topological polar surface area (TPSA) is 88.8 Å². The standard InChI is InChI=1S/C19H28N4O4S/c1-5-26-15-6-8-16(9-7-15)28(24,25)23-12-10-22(11-13-23)14-17-20-18(27-21-17)19(2,3)4/h6-9H,5,10-14H2,1-4H3. The number of nitrogens with zero attached hydrogens (tertiary/aromatic N) is 4. The lowest BCUT2D eigenvalue weighted by molar-refractivity contribution is 0.176. The number of hydrogen-bond donors (Lipinski definition) is 0. The van der Waals surface area contributed by atoms with Crippen LogP contribution < -0.4 is 4.74 Å². The van der Waals surface area contributed by atoms with Gasteiger partial charge in [-0.25, -0.2) is 8.42 Å². The third kappa shape index (κ3) is 4.71. The molecule has 1 aliphatic heterocycles. The van der Waals surface area contributed by atoms with Gasteiger partial charge in [-0.05, 0) is 31.2 Å². The first-order chi connectivity index (χ1) is 13.2. The first-order valence-electron chi connectivity index (χ1n) is 9.48. The summed E-state index contributed by atoms with van der Waals surface area (Å²) in [6.45, 7) is 11.2. The summed E-state index contributed by atoms with van der Waals surface area (Å²) in [5.41, 5.74) is -0.185. The van der Waals surface area contributed by atoms with Gasteiger partial charge in [0.05, 0.1) is 18.0 Å². The number of aromatic nitrogens is 2. The molecule has 0 saturated carbocycles. The Bertz CT molecular complexity index is 879. The second kappa shape index (κ2) is 8.18. The van der Waals surface area contributed by atoms with Crippen LogP contribution in [-0.2, 0) is 22.0 Å². The van der Waals surface area contributed by atoms with E-state index in [0.29, 0.717) is 56.8 Å². The van der Waals surface area contributed by atoms with Crippen LogP contribution in [0.3, 0.4) is 0 Å². The summed E-state index contributed by atoms with van der Waals surface area (Å²) in [6.07, 6.45) is 0. The van der Waals surface area contributed by atoms with Gasteiger partial charge < -0.3 is 9.26 Å². The lowest BCUT2D eigenvalue weighted by Gasteiger charge is -2.33. The SMILES string of the molecule is CCOc1ccc(S(=O)(=O)N2CCN(Cc3noc(C(C)(C)C)n3)CC2)cc1. The molecule has 0 radical (unpaired) electrons. The molecule has 0 bridgehead atoms. The first-order valence-corrected chi connectivity index (χ1v) is 10.9. The van der Waals surface area contributed by atoms with Crippen molar-refractivity contribution in [3.05, 3.63) is 36.0 Å². The van der Waals surface area contributed by atoms with Crippen molar-refractivity contribution in [3.8, 4) is 5.75 Å². The van der Waals surface area contributed by atoms with E-state index >= 15 is 0 Å². The third-order valence-corrected chi connectivity index (χ3v) is 6.49. The van der Waals surface area contributed by atoms with Gasteiger partial charge in [-0.2, -0.15) is 9.29 Å². The van der Waals surface area contributed by atoms with Crippen LogP contribution in [0.5, 0.6) is 5.75 Å². The number of hydrogen-bond acceptors (Lipinski definition) is 7. The van der Waals surface area contributed by atoms with E-state index in [-0.39, 0.29) is 10.3 Å². The highest BCUT2D eigenvalue weighted by Gasteiger charge is 2.29. The summed E-state index contributed by atoms with van der Waals surface area (Å²) in [5.74, 6) is 1.91. The fraction of sp³-hybridized carbons (Fsp3) is 0.579. The second-order valence-electron chi connectivity index (χ2n) is 7.85. The highest BCUT2D eigenvalue weighted by atomic mass is 32.2. The van der Waals surface area contributed by atoms with Crippen LogP contribution >= 0.6 is 0 Å². The van der Waals surface area contributed by atoms with Gasteiger partial charge in [-0.3, -0.25) is 4.90 Å². The lowest BCUT2D eigenvalue weighted by Crippen LogP contribution is -2.48. The number of sulfonamides is 1. The molecule has 3 rings (SSSR count). The molecule has 1 fully saturated rings. The highest BCUT2D eigenvalue weighted by Crippen LogP contribution is 2.22. The Morgan fingerprint density at radius 1 is 1.11 bits per heavy atom. The fourth-order valence-corrected chi connectivity index (χ4v) is 4.40. The molecule has 8 nitrogen and oxygen atoms in total. The molecular formula is C19H28N4O4S. The average Bonchev–Trinajstić information content (AvgIpc) is 3.12. The summed E-state index contributed by atoms with van der Waals surface area (Å²) in [4.78, 5) is 6.88. The van der Waals surface area contributed by atoms with Crippen LogP contribution in [0.4, 0.5) is 0 Å². The minimum absolute atomic E-state index is 0.185. The van der Waals surface area contributed by atoms with E-state index in [2.05, 4.69) is 15.0 Å². The predicted molar refractivity (Wildman–Crippen MR) is 105 cm³/mol. The Hall–Kier alpha value is -1.97. The van der Waals surface area contributed by atoms with Gasteiger partial charge >= 0.3 is 0 Å². The van der Waals surface area contributed by atoms with Crippen LogP contribution in [0.25, 0.3) is 0 Å². The molecule has 1 aromatic carbocycles. The average molecular weight is 409 g/mol. The molecule has 2 aromatic rings. The van der Waals surface area contributed by atoms with E-state index in [1.165, 1.54) is 4.31 Å². The Kier molecular flexibility index (Phi) is 6.07. The van der Waals surface area contributed by atoms with Crippen molar-refractivity contribution < 1.29 is 17.7 Å². The quantitative estimate of drug-likeness (QED) is 0.724. The van der Waals surface area contributed by atoms with Crippen molar-refractivity contribution in [3.63, 3.8) is 0 Å². The summed E-state index contributed by atoms with van der Waals surface area (Å²) in [7, 11) is -3.50. The Morgan fingerprint density at radius 2 is 1.75 bits per heavy atom. The van der Waals surface area contributed by atoms with Crippen molar-refractivity contribution in [2.45, 2.75) is 44.6 Å². The van der Waals surface area contributed by atoms with E-state index in [1.807, 2.05) is 27.7 Å². The highest BCUT2D eigenvalue weighted by molar-refractivity contribution is 7.89. The van der Waals surface area contributed by atoms with E-state index in [4.69, 9.17) is 9.26 Å². The minimum atomic E-state index is -3.50. The smallest absolute Gasteiger partial charge is 0.243 e. The van der Waals surface area contributed by atoms with Gasteiger partial charge in [0.25, 0.3) is 0 Å². The Labute approximate surface area is 166 Å². The van der Waals surface area contributed by atoms with Crippen molar-refractivity contribution in [1.29, 1.82) is 0 Å². The summed E-state index contributed by atoms with van der Waals surface area (Å²) in [5, 5.41) is 4.04. The lowest BCUT2D eigenvalue weighted by atomic mass is 9.97. The van der Waals surface area contributed by atoms with Gasteiger partial charge in [-0.1, -0.05) is 25.9 Å². The molecule has 28 heavy (non-hydrogen) atoms. The van der Waals surface area contributed by atoms with E-state index in [1.54, 1.807) is 24.3 Å². The van der Waals surface area contributed by atoms with Gasteiger partial charge in [0.2, 0.25) is 15.9 Å². The maximum Gasteiger partial charge on any atom is 0.243 e. The molecule has 9 heteroatoms. The second-order valence-corrected chi connectivity index (χ2v) is 9.79. The Balaban J connectivity index is 1.59. The van der Waals surface area contributed by atoms with Gasteiger partial charge in [0, 0.05) is 31.6 Å². The predicted octanol–water partition coefficient (Wildman–Crippen LogP) is 2.27. The normalized spacial score (nSPS) is 17.0. The minimum Gasteiger partial charge on any atom is -0.494 e. The number of piperazine rings is 1. The molecule has 0 aliphatic carbocycles. The van der Waals surface area contributed by atoms with E-state index in [9.17, 15) is 8.42 Å². The molecule has 154 valence electrons. The zero-order chi connectivity index (χ0) is 20.4. The molecule has 1 aromatic heterocycles. The van der Waals surface area contributed by atoms with Crippen LogP contribution in [-0.4, -0.2) is 60.5 Å². The molecule has 0 N–H and O–H groups in total. The maximum atomic E-state index is 12.9. The van der Waals surface area contributed by atoms with Crippen molar-refractivity contribution in [2.75, 3.05) is 32.8 Å². The van der Waals surface area contributed by atoms with Crippen LogP contribution in [0.1, 0.15) is 39.4 Å². The fourth-order valence-electron chi connectivity index (χ4n) is 2.97. The van der Waals surface area contributed by atoms with Crippen molar-refractivity contribution in [2.24, 2.45) is 0 Å². The van der Waals surface area contributed by atoms with Gasteiger partial charge in [0.1, 0.15) is 5.75 Å². The summed E-state index contributed by atoms with van der Waals surface area (Å²) >= 11 is 0. The zero-order valence-electron chi connectivity index (χ0n) is 16.9. The summed E-state index contributed by atoms with van der Waals surface area (Å²) in [6, 6.07) is 6.57. The molecule has 1 saturated heterocycles. The summed E-state index contributed by atoms with van der Waals surface area (Å²) < 4.78 is 38.0. The molecule has 0 amide bonds. The zero-order valence-corrected chi connectivity index (χ0v) is 17.7. The molecular weight excluding hydrogens is 380 g/mol. The first kappa shape index (κ1) is 20.8. The van der Waals surface area contributed by atoms with Crippen LogP contribution in [0.15, 0.2) is 33.7 Å². The third-order valence-electron chi connectivity index (χ3n) is 4.58. The molecule has 2 heterocycles. The van der Waals surface area contributed by atoms with Crippen LogP contribution in [0.2, 0.25) is 0 Å². The van der Waals surface area contributed by atoms with Crippen molar-refractivity contribution >= 4 is 10.0 Å². The molecule has 0 unspecified atom stereocenters. The van der Waals surface area contributed by atoms with Gasteiger partial charge in [-0.15, -0.1) is 0 Å². The van der Waals surface area contributed by atoms with E-state index < -0.39 is 10.0 Å². The van der Waals surface area contributed by atoms with Crippen LogP contribution in [0, 0.1) is 0 Å². The van der Waals surface area contributed by atoms with Crippen molar-refractivity contribution in [1.82, 2.24) is 19.3 Å². The number of rotatable bonds is 6. The van der Waals surface area contributed by atoms with E-state index in [0.717, 1.165) is 0 Å². The monoisotopic (exact) mass is 408 g/mol. The number of ether oxygens (including phenoxy) is 1. The largest absolute Gasteiger partial charge is 0.494 e.